The molecule has 1 heterocycles. The van der Waals surface area contributed by atoms with Crippen molar-refractivity contribution in [2.75, 3.05) is 32.9 Å². The van der Waals surface area contributed by atoms with Crippen LogP contribution in [0.2, 0.25) is 0 Å². The summed E-state index contributed by atoms with van der Waals surface area (Å²) in [6.07, 6.45) is -0.138. The monoisotopic (exact) mass is 245 g/mol. The van der Waals surface area contributed by atoms with E-state index in [-0.39, 0.29) is 30.6 Å². The maximum atomic E-state index is 11.5. The van der Waals surface area contributed by atoms with Crippen molar-refractivity contribution in [3.63, 3.8) is 0 Å². The van der Waals surface area contributed by atoms with Gasteiger partial charge in [-0.25, -0.2) is 0 Å². The third-order valence-electron chi connectivity index (χ3n) is 3.04. The first kappa shape index (κ1) is 14.4. The number of aliphatic hydroxyl groups is 1. The second-order valence-corrected chi connectivity index (χ2v) is 4.59. The molecule has 0 aromatic carbocycles. The maximum absolute atomic E-state index is 11.5. The highest BCUT2D eigenvalue weighted by molar-refractivity contribution is 5.72. The van der Waals surface area contributed by atoms with E-state index in [0.29, 0.717) is 26.3 Å². The van der Waals surface area contributed by atoms with Crippen LogP contribution in [0.3, 0.4) is 0 Å². The van der Waals surface area contributed by atoms with E-state index in [9.17, 15) is 4.79 Å². The van der Waals surface area contributed by atoms with E-state index >= 15 is 0 Å². The number of carbonyl (C=O) groups excluding carboxylic acids is 1. The van der Waals surface area contributed by atoms with Gasteiger partial charge in [0.05, 0.1) is 31.8 Å². The fourth-order valence-corrected chi connectivity index (χ4v) is 1.95. The van der Waals surface area contributed by atoms with Crippen molar-refractivity contribution < 1.29 is 19.4 Å². The number of hydrogen-bond donors (Lipinski definition) is 1. The van der Waals surface area contributed by atoms with Gasteiger partial charge in [0.2, 0.25) is 0 Å². The molecule has 3 atom stereocenters. The molecule has 0 amide bonds. The average Bonchev–Trinajstić information content (AvgIpc) is 2.32. The number of ether oxygens (including phenoxy) is 2. The fourth-order valence-electron chi connectivity index (χ4n) is 1.95. The predicted octanol–water partition coefficient (Wildman–Crippen LogP) is 0.267. The largest absolute Gasteiger partial charge is 0.466 e. The SMILES string of the molecule is CCOC(=O)C(C)CN1CC(CO)OCC1C. The van der Waals surface area contributed by atoms with Gasteiger partial charge in [-0.05, 0) is 13.8 Å². The third-order valence-corrected chi connectivity index (χ3v) is 3.04. The van der Waals surface area contributed by atoms with Gasteiger partial charge < -0.3 is 14.6 Å². The summed E-state index contributed by atoms with van der Waals surface area (Å²) in [5.74, 6) is -0.304. The minimum Gasteiger partial charge on any atom is -0.466 e. The summed E-state index contributed by atoms with van der Waals surface area (Å²) in [5, 5.41) is 9.08. The van der Waals surface area contributed by atoms with Crippen LogP contribution in [-0.4, -0.2) is 61.0 Å². The highest BCUT2D eigenvalue weighted by atomic mass is 16.5. The number of hydrogen-bond acceptors (Lipinski definition) is 5. The fraction of sp³-hybridized carbons (Fsp3) is 0.917. The highest BCUT2D eigenvalue weighted by Crippen LogP contribution is 2.14. The van der Waals surface area contributed by atoms with Gasteiger partial charge in [0.15, 0.2) is 0 Å². The number of nitrogens with zero attached hydrogens (tertiary/aromatic N) is 1. The zero-order chi connectivity index (χ0) is 12.8. The highest BCUT2D eigenvalue weighted by Gasteiger charge is 2.28. The first-order valence-electron chi connectivity index (χ1n) is 6.21. The van der Waals surface area contributed by atoms with Crippen LogP contribution in [0.4, 0.5) is 0 Å². The van der Waals surface area contributed by atoms with Crippen LogP contribution < -0.4 is 0 Å². The average molecular weight is 245 g/mol. The smallest absolute Gasteiger partial charge is 0.309 e. The summed E-state index contributed by atoms with van der Waals surface area (Å²) >= 11 is 0. The summed E-state index contributed by atoms with van der Waals surface area (Å²) in [7, 11) is 0. The normalized spacial score (nSPS) is 27.8. The van der Waals surface area contributed by atoms with Gasteiger partial charge in [0.1, 0.15) is 0 Å². The van der Waals surface area contributed by atoms with Crippen LogP contribution in [0.15, 0.2) is 0 Å². The standard InChI is InChI=1S/C12H23NO4/c1-4-16-12(15)9(2)5-13-6-11(7-14)17-8-10(13)3/h9-11,14H,4-8H2,1-3H3. The molecule has 0 aromatic rings. The lowest BCUT2D eigenvalue weighted by Gasteiger charge is -2.38. The molecule has 0 bridgehead atoms. The molecule has 5 nitrogen and oxygen atoms in total. The van der Waals surface area contributed by atoms with E-state index < -0.39 is 0 Å². The molecule has 1 fully saturated rings. The first-order valence-corrected chi connectivity index (χ1v) is 6.21. The van der Waals surface area contributed by atoms with E-state index in [1.165, 1.54) is 0 Å². The van der Waals surface area contributed by atoms with Crippen molar-refractivity contribution in [2.24, 2.45) is 5.92 Å². The lowest BCUT2D eigenvalue weighted by atomic mass is 10.1. The minimum atomic E-state index is -0.160. The summed E-state index contributed by atoms with van der Waals surface area (Å²) < 4.78 is 10.4. The van der Waals surface area contributed by atoms with Crippen LogP contribution in [0.25, 0.3) is 0 Å². The Morgan fingerprint density at radius 1 is 1.65 bits per heavy atom. The van der Waals surface area contributed by atoms with E-state index in [4.69, 9.17) is 14.6 Å². The van der Waals surface area contributed by atoms with Gasteiger partial charge >= 0.3 is 5.97 Å². The number of carbonyl (C=O) groups is 1. The van der Waals surface area contributed by atoms with Crippen LogP contribution in [0.1, 0.15) is 20.8 Å². The molecule has 1 rings (SSSR count). The van der Waals surface area contributed by atoms with Crippen LogP contribution in [0.5, 0.6) is 0 Å². The van der Waals surface area contributed by atoms with Gasteiger partial charge in [-0.2, -0.15) is 0 Å². The Bertz CT molecular complexity index is 247. The lowest BCUT2D eigenvalue weighted by Crippen LogP contribution is -2.51. The summed E-state index contributed by atoms with van der Waals surface area (Å²) in [5.41, 5.74) is 0. The Labute approximate surface area is 103 Å². The third kappa shape index (κ3) is 4.26. The molecule has 0 radical (unpaired) electrons. The molecule has 3 unspecified atom stereocenters. The molecular formula is C12H23NO4. The van der Waals surface area contributed by atoms with Crippen molar-refractivity contribution in [2.45, 2.75) is 32.9 Å². The molecule has 0 aliphatic carbocycles. The van der Waals surface area contributed by atoms with Gasteiger partial charge in [-0.3, -0.25) is 9.69 Å². The van der Waals surface area contributed by atoms with Gasteiger partial charge in [-0.15, -0.1) is 0 Å². The quantitative estimate of drug-likeness (QED) is 0.704. The van der Waals surface area contributed by atoms with E-state index in [0.717, 1.165) is 0 Å². The topological polar surface area (TPSA) is 59.0 Å². The van der Waals surface area contributed by atoms with Gasteiger partial charge in [0.25, 0.3) is 0 Å². The summed E-state index contributed by atoms with van der Waals surface area (Å²) in [6.45, 7) is 8.10. The molecule has 100 valence electrons. The van der Waals surface area contributed by atoms with E-state index in [1.54, 1.807) is 0 Å². The van der Waals surface area contributed by atoms with E-state index in [2.05, 4.69) is 11.8 Å². The van der Waals surface area contributed by atoms with E-state index in [1.807, 2.05) is 13.8 Å². The molecule has 1 aliphatic rings. The molecule has 1 N–H and O–H groups in total. The number of esters is 1. The summed E-state index contributed by atoms with van der Waals surface area (Å²) in [6, 6.07) is 0.273. The molecule has 5 heteroatoms. The Kier molecular flexibility index (Phi) is 5.88. The number of morpholine rings is 1. The van der Waals surface area contributed by atoms with Crippen molar-refractivity contribution in [3.05, 3.63) is 0 Å². The second kappa shape index (κ2) is 6.93. The van der Waals surface area contributed by atoms with Crippen LogP contribution in [0, 0.1) is 5.92 Å². The van der Waals surface area contributed by atoms with Crippen molar-refractivity contribution in [1.29, 1.82) is 0 Å². The predicted molar refractivity (Wildman–Crippen MR) is 63.7 cm³/mol. The van der Waals surface area contributed by atoms with Gasteiger partial charge in [-0.1, -0.05) is 6.92 Å². The maximum Gasteiger partial charge on any atom is 0.309 e. The summed E-state index contributed by atoms with van der Waals surface area (Å²) in [4.78, 5) is 13.7. The molecule has 0 saturated carbocycles. The van der Waals surface area contributed by atoms with Crippen molar-refractivity contribution in [3.8, 4) is 0 Å². The van der Waals surface area contributed by atoms with Crippen LogP contribution in [-0.2, 0) is 14.3 Å². The molecule has 17 heavy (non-hydrogen) atoms. The molecular weight excluding hydrogens is 222 g/mol. The molecule has 1 aliphatic heterocycles. The Morgan fingerprint density at radius 3 is 2.94 bits per heavy atom. The Morgan fingerprint density at radius 2 is 2.35 bits per heavy atom. The van der Waals surface area contributed by atoms with Crippen molar-refractivity contribution >= 4 is 5.97 Å². The molecule has 0 aromatic heterocycles. The van der Waals surface area contributed by atoms with Gasteiger partial charge in [0, 0.05) is 19.1 Å². The van der Waals surface area contributed by atoms with Crippen LogP contribution >= 0.6 is 0 Å². The molecule has 0 spiro atoms. The van der Waals surface area contributed by atoms with Crippen molar-refractivity contribution in [1.82, 2.24) is 4.90 Å². The number of rotatable bonds is 5. The minimum absolute atomic E-state index is 0.0248. The zero-order valence-corrected chi connectivity index (χ0v) is 10.9. The molecule has 1 saturated heterocycles. The zero-order valence-electron chi connectivity index (χ0n) is 10.9. The number of aliphatic hydroxyl groups excluding tert-OH is 1. The lowest BCUT2D eigenvalue weighted by molar-refractivity contribution is -0.149. The Hall–Kier alpha value is -0.650. The first-order chi connectivity index (χ1) is 8.08. The second-order valence-electron chi connectivity index (χ2n) is 4.59. The Balaban J connectivity index is 2.45.